The molecule has 3 N–H and O–H groups in total. The largest absolute Gasteiger partial charge is 0.508 e. The molecule has 1 aliphatic rings. The maximum atomic E-state index is 12.4. The Morgan fingerprint density at radius 1 is 1.56 bits per heavy atom. The van der Waals surface area contributed by atoms with Crippen LogP contribution < -0.4 is 5.73 Å². The number of phenols is 1. The summed E-state index contributed by atoms with van der Waals surface area (Å²) in [4.78, 5) is 14.1. The van der Waals surface area contributed by atoms with Gasteiger partial charge in [-0.25, -0.2) is 0 Å². The van der Waals surface area contributed by atoms with Crippen LogP contribution in [0.2, 0.25) is 0 Å². The van der Waals surface area contributed by atoms with Gasteiger partial charge in [-0.3, -0.25) is 4.79 Å². The summed E-state index contributed by atoms with van der Waals surface area (Å²) in [6.07, 6.45) is 0.837. The summed E-state index contributed by atoms with van der Waals surface area (Å²) in [5, 5.41) is 9.44. The van der Waals surface area contributed by atoms with Gasteiger partial charge in [-0.05, 0) is 31.5 Å². The molecule has 2 rings (SSSR count). The van der Waals surface area contributed by atoms with E-state index in [1.54, 1.807) is 11.0 Å². The van der Waals surface area contributed by atoms with Gasteiger partial charge in [0.1, 0.15) is 5.75 Å². The van der Waals surface area contributed by atoms with Crippen LogP contribution in [0.25, 0.3) is 0 Å². The Hall–Kier alpha value is -1.75. The minimum Gasteiger partial charge on any atom is -0.508 e. The number of carbonyl (C=O) groups excluding carboxylic acids is 1. The van der Waals surface area contributed by atoms with E-state index < -0.39 is 0 Å². The van der Waals surface area contributed by atoms with Crippen LogP contribution in [0.5, 0.6) is 5.75 Å². The van der Waals surface area contributed by atoms with Gasteiger partial charge < -0.3 is 20.5 Å². The van der Waals surface area contributed by atoms with Gasteiger partial charge in [-0.2, -0.15) is 0 Å². The quantitative estimate of drug-likeness (QED) is 0.580. The van der Waals surface area contributed by atoms with Gasteiger partial charge in [0.15, 0.2) is 0 Å². The SMILES string of the molecule is CC1CN(C(=O)c2cc(O)ccc2N)CCCO1. The third-order valence-electron chi connectivity index (χ3n) is 3.01. The Balaban J connectivity index is 2.21. The van der Waals surface area contributed by atoms with Crippen molar-refractivity contribution < 1.29 is 14.6 Å². The Labute approximate surface area is 106 Å². The molecule has 1 heterocycles. The molecule has 0 spiro atoms. The highest BCUT2D eigenvalue weighted by Crippen LogP contribution is 2.21. The number of hydrogen-bond acceptors (Lipinski definition) is 4. The average Bonchev–Trinajstić information content (AvgIpc) is 2.56. The predicted molar refractivity (Wildman–Crippen MR) is 68.5 cm³/mol. The molecule has 1 saturated heterocycles. The molecule has 1 aromatic carbocycles. The highest BCUT2D eigenvalue weighted by Gasteiger charge is 2.22. The molecule has 1 aromatic rings. The molecule has 1 aliphatic heterocycles. The number of phenolic OH excluding ortho intramolecular Hbond substituents is 1. The van der Waals surface area contributed by atoms with Crippen LogP contribution in [0.4, 0.5) is 5.69 Å². The normalized spacial score (nSPS) is 20.5. The molecule has 1 fully saturated rings. The van der Waals surface area contributed by atoms with Crippen molar-refractivity contribution in [3.05, 3.63) is 23.8 Å². The van der Waals surface area contributed by atoms with Gasteiger partial charge in [0.25, 0.3) is 5.91 Å². The van der Waals surface area contributed by atoms with Crippen molar-refractivity contribution in [2.75, 3.05) is 25.4 Å². The van der Waals surface area contributed by atoms with Crippen LogP contribution >= 0.6 is 0 Å². The lowest BCUT2D eigenvalue weighted by Crippen LogP contribution is -2.36. The summed E-state index contributed by atoms with van der Waals surface area (Å²) in [7, 11) is 0. The molecule has 0 saturated carbocycles. The van der Waals surface area contributed by atoms with Crippen molar-refractivity contribution >= 4 is 11.6 Å². The van der Waals surface area contributed by atoms with Crippen LogP contribution in [0.15, 0.2) is 18.2 Å². The lowest BCUT2D eigenvalue weighted by Gasteiger charge is -2.22. The van der Waals surface area contributed by atoms with Gasteiger partial charge in [0, 0.05) is 25.4 Å². The Bertz CT molecular complexity index is 448. The third kappa shape index (κ3) is 2.73. The number of ether oxygens (including phenoxy) is 1. The fourth-order valence-corrected chi connectivity index (χ4v) is 2.08. The molecule has 0 aliphatic carbocycles. The summed E-state index contributed by atoms with van der Waals surface area (Å²) in [5.74, 6) is -0.104. The number of carbonyl (C=O) groups is 1. The van der Waals surface area contributed by atoms with E-state index in [9.17, 15) is 9.90 Å². The fourth-order valence-electron chi connectivity index (χ4n) is 2.08. The molecule has 98 valence electrons. The minimum atomic E-state index is -0.152. The van der Waals surface area contributed by atoms with E-state index in [4.69, 9.17) is 10.5 Å². The molecular weight excluding hydrogens is 232 g/mol. The first kappa shape index (κ1) is 12.7. The highest BCUT2D eigenvalue weighted by molar-refractivity contribution is 5.99. The molecule has 0 bridgehead atoms. The van der Waals surface area contributed by atoms with Gasteiger partial charge >= 0.3 is 0 Å². The van der Waals surface area contributed by atoms with Crippen molar-refractivity contribution in [2.24, 2.45) is 0 Å². The molecule has 0 aromatic heterocycles. The first-order valence-corrected chi connectivity index (χ1v) is 6.07. The number of benzene rings is 1. The van der Waals surface area contributed by atoms with Gasteiger partial charge in [-0.15, -0.1) is 0 Å². The van der Waals surface area contributed by atoms with Crippen molar-refractivity contribution in [1.29, 1.82) is 0 Å². The minimum absolute atomic E-state index is 0.0231. The zero-order valence-electron chi connectivity index (χ0n) is 10.4. The van der Waals surface area contributed by atoms with Crippen LogP contribution in [-0.4, -0.2) is 41.7 Å². The number of nitrogens with zero attached hydrogens (tertiary/aromatic N) is 1. The second-order valence-corrected chi connectivity index (χ2v) is 4.56. The Morgan fingerprint density at radius 3 is 3.11 bits per heavy atom. The Kier molecular flexibility index (Phi) is 3.72. The topological polar surface area (TPSA) is 75.8 Å². The number of aromatic hydroxyl groups is 1. The molecule has 1 unspecified atom stereocenters. The summed E-state index contributed by atoms with van der Waals surface area (Å²) in [5.41, 5.74) is 6.52. The molecule has 0 radical (unpaired) electrons. The highest BCUT2D eigenvalue weighted by atomic mass is 16.5. The maximum absolute atomic E-state index is 12.4. The monoisotopic (exact) mass is 250 g/mol. The van der Waals surface area contributed by atoms with E-state index in [-0.39, 0.29) is 17.8 Å². The summed E-state index contributed by atoms with van der Waals surface area (Å²) < 4.78 is 5.50. The van der Waals surface area contributed by atoms with Crippen molar-refractivity contribution in [3.8, 4) is 5.75 Å². The van der Waals surface area contributed by atoms with Crippen LogP contribution in [-0.2, 0) is 4.74 Å². The zero-order chi connectivity index (χ0) is 13.1. The molecular formula is C13H18N2O3. The smallest absolute Gasteiger partial charge is 0.256 e. The summed E-state index contributed by atoms with van der Waals surface area (Å²) in [6, 6.07) is 4.43. The van der Waals surface area contributed by atoms with Gasteiger partial charge in [0.2, 0.25) is 0 Å². The van der Waals surface area contributed by atoms with Gasteiger partial charge in [0.05, 0.1) is 11.7 Å². The molecule has 18 heavy (non-hydrogen) atoms. The standard InChI is InChI=1S/C13H18N2O3/c1-9-8-15(5-2-6-18-9)13(17)11-7-10(16)3-4-12(11)14/h3-4,7,9,16H,2,5-6,8,14H2,1H3. The number of nitrogen functional groups attached to an aromatic ring is 1. The van der Waals surface area contributed by atoms with E-state index in [1.807, 2.05) is 6.92 Å². The second kappa shape index (κ2) is 5.27. The van der Waals surface area contributed by atoms with E-state index in [1.165, 1.54) is 12.1 Å². The van der Waals surface area contributed by atoms with Crippen LogP contribution in [0.1, 0.15) is 23.7 Å². The number of amides is 1. The first-order valence-electron chi connectivity index (χ1n) is 6.07. The van der Waals surface area contributed by atoms with E-state index >= 15 is 0 Å². The second-order valence-electron chi connectivity index (χ2n) is 4.56. The van der Waals surface area contributed by atoms with E-state index in [0.717, 1.165) is 6.42 Å². The molecule has 5 nitrogen and oxygen atoms in total. The zero-order valence-corrected chi connectivity index (χ0v) is 10.4. The fraction of sp³-hybridized carbons (Fsp3) is 0.462. The molecule has 5 heteroatoms. The number of anilines is 1. The molecule has 1 amide bonds. The van der Waals surface area contributed by atoms with Crippen LogP contribution in [0.3, 0.4) is 0 Å². The van der Waals surface area contributed by atoms with Crippen molar-refractivity contribution in [2.45, 2.75) is 19.4 Å². The molecule has 1 atom stereocenters. The number of nitrogens with two attached hydrogens (primary N) is 1. The number of hydrogen-bond donors (Lipinski definition) is 2. The third-order valence-corrected chi connectivity index (χ3v) is 3.01. The van der Waals surface area contributed by atoms with Crippen molar-refractivity contribution in [1.82, 2.24) is 4.90 Å². The summed E-state index contributed by atoms with van der Waals surface area (Å²) >= 11 is 0. The lowest BCUT2D eigenvalue weighted by molar-refractivity contribution is 0.0563. The van der Waals surface area contributed by atoms with Crippen LogP contribution in [0, 0.1) is 0 Å². The predicted octanol–water partition coefficient (Wildman–Crippen LogP) is 1.23. The Morgan fingerprint density at radius 2 is 2.33 bits per heavy atom. The van der Waals surface area contributed by atoms with E-state index in [2.05, 4.69) is 0 Å². The number of rotatable bonds is 1. The first-order chi connectivity index (χ1) is 8.58. The van der Waals surface area contributed by atoms with Gasteiger partial charge in [-0.1, -0.05) is 0 Å². The maximum Gasteiger partial charge on any atom is 0.256 e. The van der Waals surface area contributed by atoms with E-state index in [0.29, 0.717) is 30.9 Å². The average molecular weight is 250 g/mol. The van der Waals surface area contributed by atoms with Crippen molar-refractivity contribution in [3.63, 3.8) is 0 Å². The lowest BCUT2D eigenvalue weighted by atomic mass is 10.1. The summed E-state index contributed by atoms with van der Waals surface area (Å²) in [6.45, 7) is 3.81.